The van der Waals surface area contributed by atoms with Crippen molar-refractivity contribution in [2.45, 2.75) is 19.0 Å². The molecule has 0 aliphatic rings. The second kappa shape index (κ2) is 7.95. The number of amides is 1. The molecule has 0 aliphatic carbocycles. The topological polar surface area (TPSA) is 54.3 Å². The zero-order valence-electron chi connectivity index (χ0n) is 13.4. The molecular formula is C19H20N2O2S. The minimum absolute atomic E-state index is 0.0114. The number of furan rings is 1. The van der Waals surface area contributed by atoms with E-state index >= 15 is 0 Å². The lowest BCUT2D eigenvalue weighted by molar-refractivity contribution is -0.120. The van der Waals surface area contributed by atoms with Gasteiger partial charge in [-0.15, -0.1) is 11.3 Å². The largest absolute Gasteiger partial charge is 0.468 e. The van der Waals surface area contributed by atoms with Crippen molar-refractivity contribution in [3.63, 3.8) is 0 Å². The standard InChI is InChI=1S/C19H20N2O2S/c1-14(16-9-5-11-23-16)20-13-18(22)21-19(17-10-6-12-24-17)15-7-3-2-4-8-15/h2-12,14,19-20H,13H2,1H3,(H,21,22)/t14-,19+/m1/s1. The van der Waals surface area contributed by atoms with E-state index in [9.17, 15) is 4.79 Å². The molecule has 1 aromatic carbocycles. The van der Waals surface area contributed by atoms with Crippen molar-refractivity contribution in [3.05, 3.63) is 82.4 Å². The van der Waals surface area contributed by atoms with Crippen molar-refractivity contribution < 1.29 is 9.21 Å². The zero-order valence-corrected chi connectivity index (χ0v) is 14.3. The number of rotatable bonds is 7. The Morgan fingerprint density at radius 2 is 1.96 bits per heavy atom. The van der Waals surface area contributed by atoms with Crippen LogP contribution in [0.25, 0.3) is 0 Å². The molecule has 0 fully saturated rings. The molecule has 124 valence electrons. The quantitative estimate of drug-likeness (QED) is 0.686. The molecule has 5 heteroatoms. The first-order chi connectivity index (χ1) is 11.7. The average Bonchev–Trinajstić information content (AvgIpc) is 3.31. The van der Waals surface area contributed by atoms with Gasteiger partial charge in [0.1, 0.15) is 5.76 Å². The Morgan fingerprint density at radius 1 is 1.12 bits per heavy atom. The van der Waals surface area contributed by atoms with Gasteiger partial charge in [-0.1, -0.05) is 36.4 Å². The minimum Gasteiger partial charge on any atom is -0.468 e. The van der Waals surface area contributed by atoms with E-state index in [0.717, 1.165) is 16.2 Å². The summed E-state index contributed by atoms with van der Waals surface area (Å²) < 4.78 is 5.34. The molecule has 0 aliphatic heterocycles. The fraction of sp³-hybridized carbons (Fsp3) is 0.211. The lowest BCUT2D eigenvalue weighted by Crippen LogP contribution is -2.37. The van der Waals surface area contributed by atoms with Gasteiger partial charge in [-0.05, 0) is 36.1 Å². The normalized spacial score (nSPS) is 13.4. The summed E-state index contributed by atoms with van der Waals surface area (Å²) in [6.07, 6.45) is 1.63. The van der Waals surface area contributed by atoms with Crippen LogP contribution in [0.3, 0.4) is 0 Å². The molecule has 24 heavy (non-hydrogen) atoms. The number of benzene rings is 1. The van der Waals surface area contributed by atoms with Crippen LogP contribution in [-0.2, 0) is 4.79 Å². The van der Waals surface area contributed by atoms with Crippen LogP contribution in [0.1, 0.15) is 35.2 Å². The van der Waals surface area contributed by atoms with Crippen LogP contribution in [0, 0.1) is 0 Å². The molecule has 3 rings (SSSR count). The highest BCUT2D eigenvalue weighted by atomic mass is 32.1. The first-order valence-electron chi connectivity index (χ1n) is 7.88. The Kier molecular flexibility index (Phi) is 5.46. The van der Waals surface area contributed by atoms with Gasteiger partial charge in [0.25, 0.3) is 0 Å². The summed E-state index contributed by atoms with van der Waals surface area (Å²) in [5.41, 5.74) is 1.08. The lowest BCUT2D eigenvalue weighted by Gasteiger charge is -2.19. The molecular weight excluding hydrogens is 320 g/mol. The van der Waals surface area contributed by atoms with Gasteiger partial charge in [-0.3, -0.25) is 10.1 Å². The summed E-state index contributed by atoms with van der Waals surface area (Å²) in [4.78, 5) is 13.5. The molecule has 0 unspecified atom stereocenters. The summed E-state index contributed by atoms with van der Waals surface area (Å²) >= 11 is 1.64. The maximum Gasteiger partial charge on any atom is 0.234 e. The molecule has 4 nitrogen and oxygen atoms in total. The van der Waals surface area contributed by atoms with Crippen LogP contribution < -0.4 is 10.6 Å². The van der Waals surface area contributed by atoms with Gasteiger partial charge >= 0.3 is 0 Å². The van der Waals surface area contributed by atoms with Gasteiger partial charge in [-0.2, -0.15) is 0 Å². The molecule has 3 aromatic rings. The number of hydrogen-bond donors (Lipinski definition) is 2. The Morgan fingerprint density at radius 3 is 2.62 bits per heavy atom. The first kappa shape index (κ1) is 16.5. The monoisotopic (exact) mass is 340 g/mol. The maximum atomic E-state index is 12.4. The van der Waals surface area contributed by atoms with E-state index in [-0.39, 0.29) is 24.5 Å². The van der Waals surface area contributed by atoms with Gasteiger partial charge in [0.15, 0.2) is 0 Å². The maximum absolute atomic E-state index is 12.4. The molecule has 0 saturated heterocycles. The third-order valence-electron chi connectivity index (χ3n) is 3.80. The molecule has 2 heterocycles. The van der Waals surface area contributed by atoms with Crippen molar-refractivity contribution >= 4 is 17.2 Å². The summed E-state index contributed by atoms with van der Waals surface area (Å²) in [6.45, 7) is 2.20. The van der Waals surface area contributed by atoms with E-state index in [1.165, 1.54) is 0 Å². The summed E-state index contributed by atoms with van der Waals surface area (Å²) in [7, 11) is 0. The molecule has 0 radical (unpaired) electrons. The first-order valence-corrected chi connectivity index (χ1v) is 8.76. The van der Waals surface area contributed by atoms with E-state index < -0.39 is 0 Å². The van der Waals surface area contributed by atoms with Crippen molar-refractivity contribution in [2.75, 3.05) is 6.54 Å². The highest BCUT2D eigenvalue weighted by Gasteiger charge is 2.18. The van der Waals surface area contributed by atoms with Crippen molar-refractivity contribution in [2.24, 2.45) is 0 Å². The Bertz CT molecular complexity index is 739. The molecule has 2 atom stereocenters. The van der Waals surface area contributed by atoms with E-state index in [0.29, 0.717) is 0 Å². The van der Waals surface area contributed by atoms with Crippen LogP contribution in [0.2, 0.25) is 0 Å². The number of carbonyl (C=O) groups excluding carboxylic acids is 1. The van der Waals surface area contributed by atoms with Gasteiger partial charge in [0.2, 0.25) is 5.91 Å². The van der Waals surface area contributed by atoms with Gasteiger partial charge in [0, 0.05) is 4.88 Å². The van der Waals surface area contributed by atoms with Crippen molar-refractivity contribution in [3.8, 4) is 0 Å². The third-order valence-corrected chi connectivity index (χ3v) is 4.74. The Labute approximate surface area is 145 Å². The van der Waals surface area contributed by atoms with E-state index in [1.54, 1.807) is 17.6 Å². The minimum atomic E-state index is -0.126. The predicted octanol–water partition coefficient (Wildman–Crippen LogP) is 3.90. The number of nitrogens with one attached hydrogen (secondary N) is 2. The number of carbonyl (C=O) groups is 1. The molecule has 0 saturated carbocycles. The molecule has 0 bridgehead atoms. The Hall–Kier alpha value is -2.37. The summed E-state index contributed by atoms with van der Waals surface area (Å²) in [5.74, 6) is 0.774. The predicted molar refractivity (Wildman–Crippen MR) is 95.9 cm³/mol. The number of hydrogen-bond acceptors (Lipinski definition) is 4. The van der Waals surface area contributed by atoms with E-state index in [4.69, 9.17) is 4.42 Å². The summed E-state index contributed by atoms with van der Waals surface area (Å²) in [6, 6.07) is 17.7. The second-order valence-corrected chi connectivity index (χ2v) is 6.52. The van der Waals surface area contributed by atoms with Gasteiger partial charge < -0.3 is 9.73 Å². The van der Waals surface area contributed by atoms with Gasteiger partial charge in [0.05, 0.1) is 24.9 Å². The summed E-state index contributed by atoms with van der Waals surface area (Å²) in [5, 5.41) is 8.32. The van der Waals surface area contributed by atoms with Crippen LogP contribution in [-0.4, -0.2) is 12.5 Å². The molecule has 1 amide bonds. The smallest absolute Gasteiger partial charge is 0.234 e. The highest BCUT2D eigenvalue weighted by Crippen LogP contribution is 2.25. The van der Waals surface area contributed by atoms with E-state index in [2.05, 4.69) is 10.6 Å². The molecule has 2 N–H and O–H groups in total. The highest BCUT2D eigenvalue weighted by molar-refractivity contribution is 7.10. The van der Waals surface area contributed by atoms with Gasteiger partial charge in [-0.25, -0.2) is 0 Å². The molecule has 0 spiro atoms. The fourth-order valence-corrected chi connectivity index (χ4v) is 3.32. The van der Waals surface area contributed by atoms with Crippen molar-refractivity contribution in [1.82, 2.24) is 10.6 Å². The third kappa shape index (κ3) is 4.13. The lowest BCUT2D eigenvalue weighted by atomic mass is 10.1. The fourth-order valence-electron chi connectivity index (χ4n) is 2.52. The number of thiophene rings is 1. The van der Waals surface area contributed by atoms with Crippen LogP contribution in [0.15, 0.2) is 70.7 Å². The van der Waals surface area contributed by atoms with Crippen LogP contribution in [0.5, 0.6) is 0 Å². The van der Waals surface area contributed by atoms with E-state index in [1.807, 2.05) is 66.9 Å². The Balaban J connectivity index is 1.63. The van der Waals surface area contributed by atoms with Crippen LogP contribution >= 0.6 is 11.3 Å². The van der Waals surface area contributed by atoms with Crippen molar-refractivity contribution in [1.29, 1.82) is 0 Å². The second-order valence-electron chi connectivity index (χ2n) is 5.54. The molecule has 2 aromatic heterocycles. The van der Waals surface area contributed by atoms with Crippen LogP contribution in [0.4, 0.5) is 0 Å². The SMILES string of the molecule is C[C@@H](NCC(=O)N[C@@H](c1ccccc1)c1cccs1)c1ccco1. The average molecular weight is 340 g/mol. The zero-order chi connectivity index (χ0) is 16.8.